The van der Waals surface area contributed by atoms with Crippen LogP contribution in [-0.4, -0.2) is 18.1 Å². The standard InChI is InChI=1S/C17H19ClN2/c18-17-13-16(6-9-19-17)20-10-7-15(8-11-20)12-14-4-2-1-3-5-14/h1-6,9,13,15H,7-8,10-12H2. The second-order valence-electron chi connectivity index (χ2n) is 5.46. The van der Waals surface area contributed by atoms with E-state index in [-0.39, 0.29) is 0 Å². The van der Waals surface area contributed by atoms with E-state index in [0.29, 0.717) is 5.15 Å². The van der Waals surface area contributed by atoms with Crippen LogP contribution in [0.5, 0.6) is 0 Å². The third-order valence-electron chi connectivity index (χ3n) is 4.06. The van der Waals surface area contributed by atoms with Crippen LogP contribution in [0.2, 0.25) is 5.15 Å². The molecule has 1 aromatic heterocycles. The van der Waals surface area contributed by atoms with Crippen molar-refractivity contribution in [2.45, 2.75) is 19.3 Å². The summed E-state index contributed by atoms with van der Waals surface area (Å²) in [7, 11) is 0. The van der Waals surface area contributed by atoms with Gasteiger partial charge in [0.1, 0.15) is 5.15 Å². The summed E-state index contributed by atoms with van der Waals surface area (Å²) in [6.07, 6.45) is 5.48. The summed E-state index contributed by atoms with van der Waals surface area (Å²) in [5, 5.41) is 0.578. The van der Waals surface area contributed by atoms with E-state index in [2.05, 4.69) is 40.2 Å². The molecule has 2 heterocycles. The molecule has 0 aliphatic carbocycles. The molecule has 1 aliphatic heterocycles. The monoisotopic (exact) mass is 286 g/mol. The van der Waals surface area contributed by atoms with E-state index in [1.165, 1.54) is 30.5 Å². The van der Waals surface area contributed by atoms with Crippen LogP contribution in [0.1, 0.15) is 18.4 Å². The molecule has 0 atom stereocenters. The number of nitrogens with zero attached hydrogens (tertiary/aromatic N) is 2. The highest BCUT2D eigenvalue weighted by atomic mass is 35.5. The van der Waals surface area contributed by atoms with Gasteiger partial charge in [0.25, 0.3) is 0 Å². The summed E-state index contributed by atoms with van der Waals surface area (Å²) in [5.41, 5.74) is 2.65. The number of pyridine rings is 1. The van der Waals surface area contributed by atoms with E-state index in [4.69, 9.17) is 11.6 Å². The van der Waals surface area contributed by atoms with E-state index >= 15 is 0 Å². The molecule has 0 bridgehead atoms. The molecule has 0 spiro atoms. The molecule has 1 aliphatic rings. The molecule has 0 saturated carbocycles. The van der Waals surface area contributed by atoms with Gasteiger partial charge in [-0.15, -0.1) is 0 Å². The summed E-state index contributed by atoms with van der Waals surface area (Å²) in [4.78, 5) is 6.46. The number of anilines is 1. The van der Waals surface area contributed by atoms with Crippen molar-refractivity contribution in [3.8, 4) is 0 Å². The molecule has 1 saturated heterocycles. The van der Waals surface area contributed by atoms with Crippen molar-refractivity contribution in [1.29, 1.82) is 0 Å². The summed E-state index contributed by atoms with van der Waals surface area (Å²) >= 11 is 5.96. The van der Waals surface area contributed by atoms with Gasteiger partial charge in [-0.2, -0.15) is 0 Å². The van der Waals surface area contributed by atoms with Crippen molar-refractivity contribution >= 4 is 17.3 Å². The van der Waals surface area contributed by atoms with Gasteiger partial charge >= 0.3 is 0 Å². The van der Waals surface area contributed by atoms with Gasteiger partial charge in [0.2, 0.25) is 0 Å². The smallest absolute Gasteiger partial charge is 0.131 e. The fourth-order valence-electron chi connectivity index (χ4n) is 2.93. The number of benzene rings is 1. The molecule has 1 fully saturated rings. The number of aromatic nitrogens is 1. The second kappa shape index (κ2) is 6.27. The predicted octanol–water partition coefficient (Wildman–Crippen LogP) is 4.19. The van der Waals surface area contributed by atoms with Crippen molar-refractivity contribution in [3.63, 3.8) is 0 Å². The minimum Gasteiger partial charge on any atom is -0.371 e. The highest BCUT2D eigenvalue weighted by Crippen LogP contribution is 2.26. The second-order valence-corrected chi connectivity index (χ2v) is 5.84. The molecule has 2 aromatic rings. The Kier molecular flexibility index (Phi) is 4.22. The Morgan fingerprint density at radius 3 is 2.55 bits per heavy atom. The maximum Gasteiger partial charge on any atom is 0.131 e. The average molecular weight is 287 g/mol. The van der Waals surface area contributed by atoms with Gasteiger partial charge in [0.05, 0.1) is 0 Å². The maximum atomic E-state index is 5.96. The van der Waals surface area contributed by atoms with Crippen molar-refractivity contribution in [2.75, 3.05) is 18.0 Å². The lowest BCUT2D eigenvalue weighted by molar-refractivity contribution is 0.403. The normalized spacial score (nSPS) is 16.4. The fraction of sp³-hybridized carbons (Fsp3) is 0.353. The number of rotatable bonds is 3. The molecule has 20 heavy (non-hydrogen) atoms. The average Bonchev–Trinajstić information content (AvgIpc) is 2.49. The van der Waals surface area contributed by atoms with E-state index in [1.807, 2.05) is 12.1 Å². The molecule has 2 nitrogen and oxygen atoms in total. The Morgan fingerprint density at radius 2 is 1.85 bits per heavy atom. The Hall–Kier alpha value is -1.54. The van der Waals surface area contributed by atoms with Crippen LogP contribution < -0.4 is 4.90 Å². The van der Waals surface area contributed by atoms with Gasteiger partial charge in [-0.05, 0) is 42.9 Å². The Bertz CT molecular complexity index is 548. The molecule has 0 unspecified atom stereocenters. The first-order chi connectivity index (χ1) is 9.81. The number of hydrogen-bond donors (Lipinski definition) is 0. The van der Waals surface area contributed by atoms with Crippen LogP contribution in [0.15, 0.2) is 48.7 Å². The third-order valence-corrected chi connectivity index (χ3v) is 4.26. The number of piperidine rings is 1. The summed E-state index contributed by atoms with van der Waals surface area (Å²) in [6, 6.07) is 14.8. The Balaban J connectivity index is 1.57. The maximum absolute atomic E-state index is 5.96. The van der Waals surface area contributed by atoms with Crippen molar-refractivity contribution in [2.24, 2.45) is 5.92 Å². The lowest BCUT2D eigenvalue weighted by atomic mass is 9.90. The molecule has 3 heteroatoms. The molecule has 104 valence electrons. The van der Waals surface area contributed by atoms with Crippen LogP contribution in [0.3, 0.4) is 0 Å². The molecule has 0 radical (unpaired) electrons. The van der Waals surface area contributed by atoms with Gasteiger partial charge in [0, 0.05) is 25.0 Å². The number of halogens is 1. The molecule has 0 N–H and O–H groups in total. The van der Waals surface area contributed by atoms with Gasteiger partial charge in [-0.25, -0.2) is 4.98 Å². The zero-order chi connectivity index (χ0) is 13.8. The summed E-state index contributed by atoms with van der Waals surface area (Å²) in [5.74, 6) is 0.797. The fourth-order valence-corrected chi connectivity index (χ4v) is 3.10. The zero-order valence-electron chi connectivity index (χ0n) is 11.5. The Morgan fingerprint density at radius 1 is 1.10 bits per heavy atom. The topological polar surface area (TPSA) is 16.1 Å². The predicted molar refractivity (Wildman–Crippen MR) is 84.3 cm³/mol. The van der Waals surface area contributed by atoms with Crippen LogP contribution in [0.25, 0.3) is 0 Å². The highest BCUT2D eigenvalue weighted by Gasteiger charge is 2.19. The molecule has 3 rings (SSSR count). The van der Waals surface area contributed by atoms with E-state index in [9.17, 15) is 0 Å². The molecular formula is C17H19ClN2. The van der Waals surface area contributed by atoms with Gasteiger partial charge in [-0.1, -0.05) is 41.9 Å². The van der Waals surface area contributed by atoms with Crippen molar-refractivity contribution in [3.05, 3.63) is 59.4 Å². The summed E-state index contributed by atoms with van der Waals surface area (Å²) in [6.45, 7) is 2.22. The Labute approximate surface area is 125 Å². The van der Waals surface area contributed by atoms with E-state index < -0.39 is 0 Å². The van der Waals surface area contributed by atoms with Crippen LogP contribution in [0, 0.1) is 5.92 Å². The first-order valence-corrected chi connectivity index (χ1v) is 7.59. The minimum absolute atomic E-state index is 0.578. The van der Waals surface area contributed by atoms with Crippen molar-refractivity contribution in [1.82, 2.24) is 4.98 Å². The first-order valence-electron chi connectivity index (χ1n) is 7.22. The van der Waals surface area contributed by atoms with Gasteiger partial charge < -0.3 is 4.90 Å². The van der Waals surface area contributed by atoms with E-state index in [1.54, 1.807) is 6.20 Å². The lowest BCUT2D eigenvalue weighted by Gasteiger charge is -2.33. The summed E-state index contributed by atoms with van der Waals surface area (Å²) < 4.78 is 0. The van der Waals surface area contributed by atoms with Crippen LogP contribution in [-0.2, 0) is 6.42 Å². The highest BCUT2D eigenvalue weighted by molar-refractivity contribution is 6.29. The quantitative estimate of drug-likeness (QED) is 0.787. The SMILES string of the molecule is Clc1cc(N2CCC(Cc3ccccc3)CC2)ccn1. The zero-order valence-corrected chi connectivity index (χ0v) is 12.3. The lowest BCUT2D eigenvalue weighted by Crippen LogP contribution is -2.34. The molecule has 1 aromatic carbocycles. The third kappa shape index (κ3) is 3.31. The van der Waals surface area contributed by atoms with Crippen LogP contribution >= 0.6 is 11.6 Å². The van der Waals surface area contributed by atoms with Gasteiger partial charge in [0.15, 0.2) is 0 Å². The largest absolute Gasteiger partial charge is 0.371 e. The minimum atomic E-state index is 0.578. The molecule has 0 amide bonds. The first kappa shape index (κ1) is 13.4. The van der Waals surface area contributed by atoms with Crippen molar-refractivity contribution < 1.29 is 0 Å². The molecular weight excluding hydrogens is 268 g/mol. The number of hydrogen-bond acceptors (Lipinski definition) is 2. The van der Waals surface area contributed by atoms with Crippen LogP contribution in [0.4, 0.5) is 5.69 Å². The van der Waals surface area contributed by atoms with Gasteiger partial charge in [-0.3, -0.25) is 0 Å². The van der Waals surface area contributed by atoms with E-state index in [0.717, 1.165) is 19.0 Å².